The summed E-state index contributed by atoms with van der Waals surface area (Å²) < 4.78 is 0. The first-order valence-corrected chi connectivity index (χ1v) is 2.72. The van der Waals surface area contributed by atoms with Gasteiger partial charge in [0.15, 0.2) is 0 Å². The average Bonchev–Trinajstić information content (AvgIpc) is 1.54. The number of aliphatic carboxylic acids is 3. The molecule has 17 heavy (non-hydrogen) atoms. The molecule has 0 heterocycles. The number of hydrogen-bond donors (Lipinski definition) is 0. The Morgan fingerprint density at radius 1 is 0.588 bits per heavy atom. The van der Waals surface area contributed by atoms with Crippen molar-refractivity contribution in [3.8, 4) is 0 Å². The van der Waals surface area contributed by atoms with Crippen molar-refractivity contribution in [2.75, 3.05) is 0 Å². The van der Waals surface area contributed by atoms with Crippen molar-refractivity contribution in [3.05, 3.63) is 0 Å². The number of rotatable bonds is 0. The summed E-state index contributed by atoms with van der Waals surface area (Å²) in [5.41, 5.74) is 0. The second-order valence-electron chi connectivity index (χ2n) is 1.47. The van der Waals surface area contributed by atoms with Crippen molar-refractivity contribution in [1.29, 1.82) is 0 Å². The van der Waals surface area contributed by atoms with Crippen LogP contribution in [0.1, 0.15) is 20.8 Å². The zero-order chi connectivity index (χ0) is 10.7. The maximum Gasteiger partial charge on any atom is 3.00 e. The Morgan fingerprint density at radius 3 is 0.588 bits per heavy atom. The van der Waals surface area contributed by atoms with Crippen molar-refractivity contribution in [2.45, 2.75) is 20.8 Å². The molecule has 0 saturated carbocycles. The molecule has 0 aromatic rings. The number of carboxylic acids is 3. The van der Waals surface area contributed by atoms with E-state index in [1.807, 2.05) is 0 Å². The molecule has 0 saturated heterocycles. The molecule has 0 bridgehead atoms. The Labute approximate surface area is 140 Å². The van der Waals surface area contributed by atoms with Crippen LogP contribution in [0.25, 0.3) is 0 Å². The van der Waals surface area contributed by atoms with Gasteiger partial charge in [-0.2, -0.15) is 0 Å². The maximum atomic E-state index is 8.89. The normalized spacial score (nSPS) is 4.41. The number of carbonyl (C=O) groups excluding carboxylic acids is 3. The van der Waals surface area contributed by atoms with Gasteiger partial charge in [-0.1, -0.05) is 0 Å². The SMILES string of the molecule is CC(=O)[O-].CC(=O)[O-].CC(=O)[O-].[Al+3].[Al+3].[Cl-].[Cl-].[Cl-]. The van der Waals surface area contributed by atoms with Gasteiger partial charge in [-0.05, 0) is 20.8 Å². The minimum atomic E-state index is -1.08. The zero-order valence-electron chi connectivity index (χ0n) is 9.24. The molecule has 0 rings (SSSR count). The van der Waals surface area contributed by atoms with Crippen LogP contribution >= 0.6 is 0 Å². The minimum Gasteiger partial charge on any atom is -1.00 e. The van der Waals surface area contributed by atoms with E-state index in [-0.39, 0.29) is 71.9 Å². The molecule has 0 aliphatic rings. The van der Waals surface area contributed by atoms with Crippen LogP contribution in [0.5, 0.6) is 0 Å². The van der Waals surface area contributed by atoms with Crippen LogP contribution < -0.4 is 52.5 Å². The number of carboxylic acid groups (broad SMARTS) is 3. The third-order valence-corrected chi connectivity index (χ3v) is 0. The predicted octanol–water partition coefficient (Wildman–Crippen LogP) is -13.5. The van der Waals surface area contributed by atoms with Crippen molar-refractivity contribution >= 4 is 52.6 Å². The molecule has 0 aromatic carbocycles. The van der Waals surface area contributed by atoms with E-state index in [1.165, 1.54) is 0 Å². The zero-order valence-corrected chi connectivity index (χ0v) is 13.8. The van der Waals surface area contributed by atoms with Crippen LogP contribution in [0.4, 0.5) is 0 Å². The van der Waals surface area contributed by atoms with E-state index in [0.717, 1.165) is 20.8 Å². The van der Waals surface area contributed by atoms with Gasteiger partial charge in [0.2, 0.25) is 0 Å². The predicted molar refractivity (Wildman–Crippen MR) is 43.6 cm³/mol. The van der Waals surface area contributed by atoms with Crippen LogP contribution in [0, 0.1) is 0 Å². The van der Waals surface area contributed by atoms with E-state index >= 15 is 0 Å². The monoisotopic (exact) mass is 336 g/mol. The third kappa shape index (κ3) is 28300. The molecule has 0 aliphatic heterocycles. The first kappa shape index (κ1) is 53.1. The van der Waals surface area contributed by atoms with Crippen molar-refractivity contribution in [2.24, 2.45) is 0 Å². The van der Waals surface area contributed by atoms with Crippen LogP contribution in [-0.4, -0.2) is 52.6 Å². The van der Waals surface area contributed by atoms with E-state index in [9.17, 15) is 0 Å². The van der Waals surface area contributed by atoms with Gasteiger partial charge in [0.1, 0.15) is 0 Å². The quantitative estimate of drug-likeness (QED) is 0.405. The second kappa shape index (κ2) is 44.1. The second-order valence-corrected chi connectivity index (χ2v) is 1.47. The van der Waals surface area contributed by atoms with Gasteiger partial charge in [-0.15, -0.1) is 0 Å². The Morgan fingerprint density at radius 2 is 0.588 bits per heavy atom. The third-order valence-electron chi connectivity index (χ3n) is 0. The summed E-state index contributed by atoms with van der Waals surface area (Å²) in [6.07, 6.45) is 0. The number of hydrogen-bond acceptors (Lipinski definition) is 6. The van der Waals surface area contributed by atoms with E-state index in [0.29, 0.717) is 0 Å². The number of halogens is 3. The molecule has 0 fully saturated rings. The van der Waals surface area contributed by atoms with Crippen LogP contribution in [0.3, 0.4) is 0 Å². The average molecular weight is 337 g/mol. The summed E-state index contributed by atoms with van der Waals surface area (Å²) in [7, 11) is 0. The molecule has 0 aliphatic carbocycles. The van der Waals surface area contributed by atoms with Crippen molar-refractivity contribution in [1.82, 2.24) is 0 Å². The molecule has 0 spiro atoms. The van der Waals surface area contributed by atoms with Gasteiger partial charge < -0.3 is 66.9 Å². The topological polar surface area (TPSA) is 120 Å². The van der Waals surface area contributed by atoms with Gasteiger partial charge in [-0.3, -0.25) is 0 Å². The molecule has 0 atom stereocenters. The standard InChI is InChI=1S/3C2H4O2.2Al.3ClH/c3*1-2(3)4;;;;;/h3*1H3,(H,3,4);;;3*1H/q;;;2*+3;;;/p-6. The van der Waals surface area contributed by atoms with Crippen molar-refractivity contribution < 1.29 is 66.9 Å². The van der Waals surface area contributed by atoms with E-state index in [4.69, 9.17) is 29.7 Å². The maximum absolute atomic E-state index is 8.89. The summed E-state index contributed by atoms with van der Waals surface area (Å²) in [6, 6.07) is 0. The largest absolute Gasteiger partial charge is 3.00 e. The number of carbonyl (C=O) groups is 3. The molecule has 6 nitrogen and oxygen atoms in total. The van der Waals surface area contributed by atoms with E-state index < -0.39 is 17.9 Å². The fraction of sp³-hybridized carbons (Fsp3) is 0.500. The molecule has 0 N–H and O–H groups in total. The summed E-state index contributed by atoms with van der Waals surface area (Å²) in [5.74, 6) is -3.25. The Bertz CT molecular complexity index is 129. The molecule has 0 unspecified atom stereocenters. The molecule has 0 radical (unpaired) electrons. The fourth-order valence-electron chi connectivity index (χ4n) is 0. The molecule has 0 aromatic heterocycles. The van der Waals surface area contributed by atoms with Gasteiger partial charge in [0, 0.05) is 17.9 Å². The van der Waals surface area contributed by atoms with Crippen LogP contribution in [0.15, 0.2) is 0 Å². The van der Waals surface area contributed by atoms with Crippen LogP contribution in [-0.2, 0) is 14.4 Å². The molecular weight excluding hydrogens is 328 g/mol. The Kier molecular flexibility index (Phi) is 138. The molecule has 0 amide bonds. The molecule has 11 heteroatoms. The smallest absolute Gasteiger partial charge is 1.00 e. The van der Waals surface area contributed by atoms with Crippen LogP contribution in [0.2, 0.25) is 0 Å². The Balaban J connectivity index is -0.0000000104. The minimum absolute atomic E-state index is 0. The fourth-order valence-corrected chi connectivity index (χ4v) is 0. The summed E-state index contributed by atoms with van der Waals surface area (Å²) in [5, 5.41) is 26.7. The summed E-state index contributed by atoms with van der Waals surface area (Å²) in [6.45, 7) is 2.92. The first-order valence-electron chi connectivity index (χ1n) is 2.72. The summed E-state index contributed by atoms with van der Waals surface area (Å²) >= 11 is 0. The van der Waals surface area contributed by atoms with Gasteiger partial charge in [0.25, 0.3) is 0 Å². The first-order chi connectivity index (χ1) is 5.20. The van der Waals surface area contributed by atoms with Gasteiger partial charge in [0.05, 0.1) is 0 Å². The van der Waals surface area contributed by atoms with Gasteiger partial charge in [-0.25, -0.2) is 0 Å². The Hall–Kier alpha value is 0.345. The van der Waals surface area contributed by atoms with Gasteiger partial charge >= 0.3 is 34.7 Å². The van der Waals surface area contributed by atoms with E-state index in [1.54, 1.807) is 0 Å². The molecule has 96 valence electrons. The van der Waals surface area contributed by atoms with Crippen molar-refractivity contribution in [3.63, 3.8) is 0 Å². The summed E-state index contributed by atoms with van der Waals surface area (Å²) in [4.78, 5) is 26.7. The van der Waals surface area contributed by atoms with E-state index in [2.05, 4.69) is 0 Å². The molecular formula is C6H9Al2Cl3O6.